The molecule has 0 radical (unpaired) electrons. The Kier molecular flexibility index (Phi) is 3.25. The lowest BCUT2D eigenvalue weighted by Gasteiger charge is -2.03. The van der Waals surface area contributed by atoms with Gasteiger partial charge < -0.3 is 0 Å². The molecule has 0 amide bonds. The van der Waals surface area contributed by atoms with Crippen LogP contribution in [0.2, 0.25) is 0 Å². The maximum Gasteiger partial charge on any atom is 0.138 e. The third-order valence-electron chi connectivity index (χ3n) is 2.54. The highest BCUT2D eigenvalue weighted by atomic mass is 16.1. The molecule has 1 aromatic carbocycles. The van der Waals surface area contributed by atoms with Gasteiger partial charge in [-0.3, -0.25) is 4.79 Å². The number of carbonyl (C=O) groups excluding carboxylic acids is 1. The Morgan fingerprint density at radius 3 is 2.94 bits per heavy atom. The van der Waals surface area contributed by atoms with Crippen LogP contribution < -0.4 is 0 Å². The molecule has 82 valence electrons. The topological polar surface area (TPSA) is 42.9 Å². The molecule has 0 atom stereocenters. The summed E-state index contributed by atoms with van der Waals surface area (Å²) in [4.78, 5) is 11.6. The van der Waals surface area contributed by atoms with Gasteiger partial charge in [0.2, 0.25) is 0 Å². The van der Waals surface area contributed by atoms with Gasteiger partial charge in [-0.15, -0.1) is 0 Å². The molecule has 16 heavy (non-hydrogen) atoms. The lowest BCUT2D eigenvalue weighted by molar-refractivity contribution is -0.118. The van der Waals surface area contributed by atoms with Crippen molar-refractivity contribution in [1.82, 2.24) is 10.2 Å². The predicted octanol–water partition coefficient (Wildman–Crippen LogP) is 2.54. The summed E-state index contributed by atoms with van der Waals surface area (Å²) in [5.41, 5.74) is 0.788. The first-order valence-corrected chi connectivity index (χ1v) is 5.52. The molecule has 0 saturated heterocycles. The molecule has 1 heterocycles. The number of rotatable bonds is 4. The molecule has 0 aliphatic rings. The second-order valence-electron chi connectivity index (χ2n) is 3.84. The average molecular weight is 214 g/mol. The van der Waals surface area contributed by atoms with E-state index < -0.39 is 0 Å². The Labute approximate surface area is 94.5 Å². The number of fused-ring (bicyclic) bond motifs is 1. The van der Waals surface area contributed by atoms with Gasteiger partial charge in [0, 0.05) is 17.2 Å². The molecule has 0 aliphatic heterocycles. The van der Waals surface area contributed by atoms with Crippen molar-refractivity contribution in [2.24, 2.45) is 0 Å². The highest BCUT2D eigenvalue weighted by Crippen LogP contribution is 2.16. The van der Waals surface area contributed by atoms with E-state index in [9.17, 15) is 4.79 Å². The Balaban J connectivity index is 2.33. The van der Waals surface area contributed by atoms with E-state index in [1.807, 2.05) is 31.2 Å². The van der Waals surface area contributed by atoms with Gasteiger partial charge in [0.1, 0.15) is 5.78 Å². The standard InChI is InChI=1S/C13H14N2O/c1-2-5-11(16)8-13-12-7-4-3-6-10(12)9-14-15-13/h3-4,6-7,9H,2,5,8H2,1H3. The van der Waals surface area contributed by atoms with E-state index in [2.05, 4.69) is 10.2 Å². The third-order valence-corrected chi connectivity index (χ3v) is 2.54. The lowest BCUT2D eigenvalue weighted by Crippen LogP contribution is -2.05. The van der Waals surface area contributed by atoms with Crippen molar-refractivity contribution in [3.8, 4) is 0 Å². The fourth-order valence-corrected chi connectivity index (χ4v) is 1.77. The average Bonchev–Trinajstić information content (AvgIpc) is 2.30. The fourth-order valence-electron chi connectivity index (χ4n) is 1.77. The smallest absolute Gasteiger partial charge is 0.138 e. The Hall–Kier alpha value is -1.77. The van der Waals surface area contributed by atoms with Crippen LogP contribution in [0.5, 0.6) is 0 Å². The SMILES string of the molecule is CCCC(=O)Cc1nncc2ccccc12. The molecule has 1 aromatic heterocycles. The molecule has 3 heteroatoms. The molecule has 0 fully saturated rings. The van der Waals surface area contributed by atoms with Crippen molar-refractivity contribution in [1.29, 1.82) is 0 Å². The summed E-state index contributed by atoms with van der Waals surface area (Å²) in [6.07, 6.45) is 3.62. The second kappa shape index (κ2) is 4.84. The zero-order valence-electron chi connectivity index (χ0n) is 9.31. The van der Waals surface area contributed by atoms with E-state index in [4.69, 9.17) is 0 Å². The zero-order chi connectivity index (χ0) is 11.4. The summed E-state index contributed by atoms with van der Waals surface area (Å²) >= 11 is 0. The third kappa shape index (κ3) is 2.24. The summed E-state index contributed by atoms with van der Waals surface area (Å²) in [6, 6.07) is 7.88. The van der Waals surface area contributed by atoms with E-state index in [0.29, 0.717) is 12.8 Å². The minimum atomic E-state index is 0.230. The van der Waals surface area contributed by atoms with Gasteiger partial charge >= 0.3 is 0 Å². The number of hydrogen-bond acceptors (Lipinski definition) is 3. The van der Waals surface area contributed by atoms with Gasteiger partial charge in [-0.1, -0.05) is 31.2 Å². The summed E-state index contributed by atoms with van der Waals surface area (Å²) in [6.45, 7) is 2.01. The Bertz CT molecular complexity index is 503. The van der Waals surface area contributed by atoms with Crippen LogP contribution in [0.15, 0.2) is 30.5 Å². The first-order valence-electron chi connectivity index (χ1n) is 5.52. The normalized spacial score (nSPS) is 10.6. The van der Waals surface area contributed by atoms with Crippen molar-refractivity contribution < 1.29 is 4.79 Å². The fraction of sp³-hybridized carbons (Fsp3) is 0.308. The van der Waals surface area contributed by atoms with Crippen LogP contribution in [0.3, 0.4) is 0 Å². The van der Waals surface area contributed by atoms with Gasteiger partial charge in [-0.2, -0.15) is 10.2 Å². The largest absolute Gasteiger partial charge is 0.299 e. The molecule has 0 aliphatic carbocycles. The number of benzene rings is 1. The van der Waals surface area contributed by atoms with Crippen LogP contribution in [0.4, 0.5) is 0 Å². The van der Waals surface area contributed by atoms with Gasteiger partial charge in [-0.25, -0.2) is 0 Å². The van der Waals surface area contributed by atoms with E-state index in [0.717, 1.165) is 22.9 Å². The van der Waals surface area contributed by atoms with E-state index in [1.165, 1.54) is 0 Å². The first-order chi connectivity index (χ1) is 7.81. The van der Waals surface area contributed by atoms with Crippen LogP contribution in [0.25, 0.3) is 10.8 Å². The highest BCUT2D eigenvalue weighted by Gasteiger charge is 2.07. The second-order valence-corrected chi connectivity index (χ2v) is 3.84. The van der Waals surface area contributed by atoms with Crippen LogP contribution in [0, 0.1) is 0 Å². The maximum atomic E-state index is 11.6. The number of hydrogen-bond donors (Lipinski definition) is 0. The van der Waals surface area contributed by atoms with E-state index in [1.54, 1.807) is 6.20 Å². The van der Waals surface area contributed by atoms with Crippen LogP contribution in [-0.4, -0.2) is 16.0 Å². The number of ketones is 1. The molecule has 0 N–H and O–H groups in total. The van der Waals surface area contributed by atoms with Crippen molar-refractivity contribution in [3.05, 3.63) is 36.2 Å². The summed E-state index contributed by atoms with van der Waals surface area (Å²) in [5, 5.41) is 10.1. The van der Waals surface area contributed by atoms with Gasteiger partial charge in [0.25, 0.3) is 0 Å². The predicted molar refractivity (Wildman–Crippen MR) is 63.2 cm³/mol. The van der Waals surface area contributed by atoms with Crippen LogP contribution in [-0.2, 0) is 11.2 Å². The lowest BCUT2D eigenvalue weighted by atomic mass is 10.1. The van der Waals surface area contributed by atoms with Gasteiger partial charge in [0.15, 0.2) is 0 Å². The minimum absolute atomic E-state index is 0.230. The quantitative estimate of drug-likeness (QED) is 0.785. The molecule has 0 bridgehead atoms. The van der Waals surface area contributed by atoms with Crippen LogP contribution >= 0.6 is 0 Å². The highest BCUT2D eigenvalue weighted by molar-refractivity contribution is 5.89. The molecular weight excluding hydrogens is 200 g/mol. The molecule has 2 aromatic rings. The van der Waals surface area contributed by atoms with Crippen molar-refractivity contribution in [2.75, 3.05) is 0 Å². The molecule has 2 rings (SSSR count). The number of Topliss-reactive ketones (excluding diaryl/α,β-unsaturated/α-hetero) is 1. The number of nitrogens with zero attached hydrogens (tertiary/aromatic N) is 2. The monoisotopic (exact) mass is 214 g/mol. The molecule has 0 unspecified atom stereocenters. The van der Waals surface area contributed by atoms with Gasteiger partial charge in [-0.05, 0) is 6.42 Å². The van der Waals surface area contributed by atoms with Crippen LogP contribution in [0.1, 0.15) is 25.5 Å². The number of aromatic nitrogens is 2. The van der Waals surface area contributed by atoms with Gasteiger partial charge in [0.05, 0.1) is 18.3 Å². The summed E-state index contributed by atoms with van der Waals surface area (Å²) in [5.74, 6) is 0.230. The van der Waals surface area contributed by atoms with E-state index in [-0.39, 0.29) is 5.78 Å². The van der Waals surface area contributed by atoms with Crippen molar-refractivity contribution in [3.63, 3.8) is 0 Å². The minimum Gasteiger partial charge on any atom is -0.299 e. The molecule has 0 spiro atoms. The summed E-state index contributed by atoms with van der Waals surface area (Å²) < 4.78 is 0. The first kappa shape index (κ1) is 10.7. The molecular formula is C13H14N2O. The molecule has 3 nitrogen and oxygen atoms in total. The Morgan fingerprint density at radius 1 is 1.31 bits per heavy atom. The molecule has 0 saturated carbocycles. The Morgan fingerprint density at radius 2 is 2.12 bits per heavy atom. The van der Waals surface area contributed by atoms with Crippen molar-refractivity contribution >= 4 is 16.6 Å². The zero-order valence-corrected chi connectivity index (χ0v) is 9.31. The van der Waals surface area contributed by atoms with E-state index >= 15 is 0 Å². The van der Waals surface area contributed by atoms with Crippen molar-refractivity contribution in [2.45, 2.75) is 26.2 Å². The maximum absolute atomic E-state index is 11.6. The summed E-state index contributed by atoms with van der Waals surface area (Å²) in [7, 11) is 0. The number of carbonyl (C=O) groups is 1.